The first-order chi connectivity index (χ1) is 13.7. The summed E-state index contributed by atoms with van der Waals surface area (Å²) in [5, 5.41) is 4.30. The lowest BCUT2D eigenvalue weighted by Gasteiger charge is -2.02. The monoisotopic (exact) mass is 387 g/mol. The van der Waals surface area contributed by atoms with Gasteiger partial charge < -0.3 is 4.74 Å². The summed E-state index contributed by atoms with van der Waals surface area (Å²) in [7, 11) is 0. The Morgan fingerprint density at radius 2 is 1.82 bits per heavy atom. The van der Waals surface area contributed by atoms with E-state index in [9.17, 15) is 4.79 Å². The van der Waals surface area contributed by atoms with Gasteiger partial charge in [-0.1, -0.05) is 72.5 Å². The van der Waals surface area contributed by atoms with Gasteiger partial charge in [0.2, 0.25) is 4.96 Å². The van der Waals surface area contributed by atoms with E-state index in [1.807, 2.05) is 66.7 Å². The lowest BCUT2D eigenvalue weighted by atomic mass is 10.2. The second-order valence-electron chi connectivity index (χ2n) is 5.99. The number of fused-ring (bicyclic) bond motifs is 1. The van der Waals surface area contributed by atoms with Gasteiger partial charge in [-0.3, -0.25) is 4.79 Å². The third kappa shape index (κ3) is 3.92. The molecule has 0 saturated heterocycles. The molecule has 4 rings (SSSR count). The molecule has 138 valence electrons. The van der Waals surface area contributed by atoms with E-state index in [1.165, 1.54) is 15.9 Å². The van der Waals surface area contributed by atoms with Crippen molar-refractivity contribution in [2.45, 2.75) is 0 Å². The van der Waals surface area contributed by atoms with Crippen LogP contribution in [-0.2, 0) is 0 Å². The van der Waals surface area contributed by atoms with Crippen LogP contribution in [0.15, 0.2) is 72.0 Å². The van der Waals surface area contributed by atoms with Gasteiger partial charge in [0, 0.05) is 0 Å². The molecule has 0 fully saturated rings. The quantitative estimate of drug-likeness (QED) is 0.476. The van der Waals surface area contributed by atoms with Crippen molar-refractivity contribution in [3.63, 3.8) is 0 Å². The Bertz CT molecular complexity index is 1240. The van der Waals surface area contributed by atoms with E-state index in [1.54, 1.807) is 12.2 Å². The van der Waals surface area contributed by atoms with Crippen LogP contribution in [0.4, 0.5) is 0 Å². The number of thiazole rings is 1. The molecular weight excluding hydrogens is 370 g/mol. The Morgan fingerprint density at radius 3 is 2.54 bits per heavy atom. The maximum absolute atomic E-state index is 12.6. The third-order valence-corrected chi connectivity index (χ3v) is 4.93. The Balaban J connectivity index is 1.59. The summed E-state index contributed by atoms with van der Waals surface area (Å²) in [6, 6.07) is 17.4. The van der Waals surface area contributed by atoms with E-state index >= 15 is 0 Å². The largest absolute Gasteiger partial charge is 0.490 e. The maximum atomic E-state index is 12.6. The molecule has 0 saturated carbocycles. The third-order valence-electron chi connectivity index (χ3n) is 3.97. The highest BCUT2D eigenvalue weighted by Crippen LogP contribution is 2.13. The van der Waals surface area contributed by atoms with E-state index in [4.69, 9.17) is 4.74 Å². The number of aromatic nitrogens is 3. The van der Waals surface area contributed by atoms with Crippen LogP contribution in [0.1, 0.15) is 17.0 Å². The SMILES string of the molecule is C=CCOc1ccc(C=c2sc3nc(C=Cc4ccccc4)nn3c2=O)cc1. The molecule has 6 heteroatoms. The van der Waals surface area contributed by atoms with Crippen molar-refractivity contribution in [2.24, 2.45) is 0 Å². The zero-order chi connectivity index (χ0) is 19.3. The molecule has 0 aliphatic heterocycles. The summed E-state index contributed by atoms with van der Waals surface area (Å²) in [4.78, 5) is 17.6. The fraction of sp³-hybridized carbons (Fsp3) is 0.0455. The van der Waals surface area contributed by atoms with Crippen LogP contribution in [0.25, 0.3) is 23.2 Å². The van der Waals surface area contributed by atoms with E-state index in [0.29, 0.717) is 21.9 Å². The van der Waals surface area contributed by atoms with Gasteiger partial charge in [-0.05, 0) is 35.4 Å². The Morgan fingerprint density at radius 1 is 1.04 bits per heavy atom. The normalized spacial score (nSPS) is 12.1. The molecule has 0 N–H and O–H groups in total. The average Bonchev–Trinajstić information content (AvgIpc) is 3.25. The van der Waals surface area contributed by atoms with Crippen molar-refractivity contribution in [3.05, 3.63) is 99.1 Å². The molecular formula is C22H17N3O2S. The molecule has 0 radical (unpaired) electrons. The summed E-state index contributed by atoms with van der Waals surface area (Å²) in [5.41, 5.74) is 1.80. The van der Waals surface area contributed by atoms with Gasteiger partial charge in [-0.2, -0.15) is 9.50 Å². The van der Waals surface area contributed by atoms with E-state index in [2.05, 4.69) is 16.7 Å². The molecule has 0 bridgehead atoms. The molecule has 0 aliphatic carbocycles. The highest BCUT2D eigenvalue weighted by atomic mass is 32.1. The van der Waals surface area contributed by atoms with Gasteiger partial charge in [0.05, 0.1) is 4.53 Å². The summed E-state index contributed by atoms with van der Waals surface area (Å²) in [5.74, 6) is 1.28. The minimum Gasteiger partial charge on any atom is -0.490 e. The molecule has 0 amide bonds. The Labute approximate surface area is 165 Å². The topological polar surface area (TPSA) is 56.5 Å². The molecule has 0 aliphatic rings. The minimum atomic E-state index is -0.168. The summed E-state index contributed by atoms with van der Waals surface area (Å²) >= 11 is 1.32. The van der Waals surface area contributed by atoms with Crippen LogP contribution in [-0.4, -0.2) is 21.2 Å². The van der Waals surface area contributed by atoms with Crippen molar-refractivity contribution in [1.82, 2.24) is 14.6 Å². The standard InChI is InChI=1S/C22H17N3O2S/c1-2-14-27-18-11-8-17(9-12-18)15-19-21(26)25-22(28-19)23-20(24-25)13-10-16-6-4-3-5-7-16/h2-13,15H,1,14H2. The fourth-order valence-electron chi connectivity index (χ4n) is 2.62. The van der Waals surface area contributed by atoms with E-state index in [0.717, 1.165) is 16.9 Å². The molecule has 28 heavy (non-hydrogen) atoms. The van der Waals surface area contributed by atoms with Gasteiger partial charge in [0.1, 0.15) is 12.4 Å². The first-order valence-electron chi connectivity index (χ1n) is 8.71. The van der Waals surface area contributed by atoms with Gasteiger partial charge in [-0.25, -0.2) is 0 Å². The van der Waals surface area contributed by atoms with E-state index < -0.39 is 0 Å². The first-order valence-corrected chi connectivity index (χ1v) is 9.53. The van der Waals surface area contributed by atoms with Crippen molar-refractivity contribution in [3.8, 4) is 5.75 Å². The molecule has 2 aromatic carbocycles. The lowest BCUT2D eigenvalue weighted by molar-refractivity contribution is 0.363. The van der Waals surface area contributed by atoms with Gasteiger partial charge in [0.15, 0.2) is 5.82 Å². The molecule has 5 nitrogen and oxygen atoms in total. The van der Waals surface area contributed by atoms with Gasteiger partial charge in [0.25, 0.3) is 5.56 Å². The number of hydrogen-bond acceptors (Lipinski definition) is 5. The number of hydrogen-bond donors (Lipinski definition) is 0. The zero-order valence-electron chi connectivity index (χ0n) is 15.0. The highest BCUT2D eigenvalue weighted by Gasteiger charge is 2.08. The van der Waals surface area contributed by atoms with Crippen molar-refractivity contribution < 1.29 is 4.74 Å². The fourth-order valence-corrected chi connectivity index (χ4v) is 3.54. The van der Waals surface area contributed by atoms with Crippen LogP contribution >= 0.6 is 11.3 Å². The van der Waals surface area contributed by atoms with Crippen LogP contribution in [0.2, 0.25) is 0 Å². The predicted octanol–water partition coefficient (Wildman–Crippen LogP) is 3.43. The molecule has 0 atom stereocenters. The highest BCUT2D eigenvalue weighted by molar-refractivity contribution is 7.15. The average molecular weight is 387 g/mol. The summed E-state index contributed by atoms with van der Waals surface area (Å²) < 4.78 is 7.41. The zero-order valence-corrected chi connectivity index (χ0v) is 15.8. The molecule has 2 aromatic heterocycles. The smallest absolute Gasteiger partial charge is 0.291 e. The van der Waals surface area contributed by atoms with Crippen LogP contribution in [0.3, 0.4) is 0 Å². The number of rotatable bonds is 6. The van der Waals surface area contributed by atoms with Crippen molar-refractivity contribution >= 4 is 34.5 Å². The first kappa shape index (κ1) is 17.9. The maximum Gasteiger partial charge on any atom is 0.291 e. The van der Waals surface area contributed by atoms with Crippen LogP contribution in [0.5, 0.6) is 5.75 Å². The number of ether oxygens (including phenoxy) is 1. The Hall–Kier alpha value is -3.51. The predicted molar refractivity (Wildman–Crippen MR) is 113 cm³/mol. The van der Waals surface area contributed by atoms with Crippen LogP contribution in [0, 0.1) is 0 Å². The molecule has 0 unspecified atom stereocenters. The minimum absolute atomic E-state index is 0.168. The van der Waals surface area contributed by atoms with Crippen LogP contribution < -0.4 is 14.8 Å². The van der Waals surface area contributed by atoms with Crippen molar-refractivity contribution in [1.29, 1.82) is 0 Å². The second-order valence-corrected chi connectivity index (χ2v) is 7.00. The lowest BCUT2D eigenvalue weighted by Crippen LogP contribution is -2.23. The Kier molecular flexibility index (Phi) is 5.12. The van der Waals surface area contributed by atoms with Gasteiger partial charge >= 0.3 is 0 Å². The van der Waals surface area contributed by atoms with E-state index in [-0.39, 0.29) is 5.56 Å². The number of benzene rings is 2. The molecule has 2 heterocycles. The summed E-state index contributed by atoms with van der Waals surface area (Å²) in [6.45, 7) is 4.09. The van der Waals surface area contributed by atoms with Gasteiger partial charge in [-0.15, -0.1) is 5.10 Å². The van der Waals surface area contributed by atoms with Crippen molar-refractivity contribution in [2.75, 3.05) is 6.61 Å². The molecule has 0 spiro atoms. The number of nitrogens with zero attached hydrogens (tertiary/aromatic N) is 3. The second kappa shape index (κ2) is 8.02. The molecule has 4 aromatic rings. The summed E-state index contributed by atoms with van der Waals surface area (Å²) in [6.07, 6.45) is 7.26.